The van der Waals surface area contributed by atoms with Gasteiger partial charge in [-0.25, -0.2) is 16.8 Å². The minimum Gasteiger partial charge on any atom is -0.207 e. The predicted molar refractivity (Wildman–Crippen MR) is 143 cm³/mol. The molecule has 2 aromatic rings. The van der Waals surface area contributed by atoms with E-state index in [4.69, 9.17) is 0 Å². The van der Waals surface area contributed by atoms with Crippen LogP contribution in [-0.2, 0) is 26.5 Å². The monoisotopic (exact) mass is 520 g/mol. The van der Waals surface area contributed by atoms with Gasteiger partial charge in [-0.3, -0.25) is 0 Å². The van der Waals surface area contributed by atoms with E-state index >= 15 is 0 Å². The van der Waals surface area contributed by atoms with Crippen LogP contribution in [-0.4, -0.2) is 51.6 Å². The van der Waals surface area contributed by atoms with E-state index < -0.39 is 20.0 Å². The molecule has 8 heteroatoms. The van der Waals surface area contributed by atoms with Gasteiger partial charge in [-0.1, -0.05) is 52.7 Å². The molecule has 6 nitrogen and oxygen atoms in total. The number of rotatable bonds is 14. The summed E-state index contributed by atoms with van der Waals surface area (Å²) in [6.45, 7) is 10.2. The third-order valence-electron chi connectivity index (χ3n) is 6.57. The number of hydrogen-bond donors (Lipinski definition) is 0. The summed E-state index contributed by atoms with van der Waals surface area (Å²) in [5.41, 5.74) is 3.82. The molecule has 1 aliphatic carbocycles. The molecule has 35 heavy (non-hydrogen) atoms. The second-order valence-electron chi connectivity index (χ2n) is 9.33. The van der Waals surface area contributed by atoms with E-state index in [0.717, 1.165) is 60.8 Å². The fraction of sp³-hybridized carbons (Fsp3) is 0.556. The quantitative estimate of drug-likeness (QED) is 0.275. The van der Waals surface area contributed by atoms with Crippen molar-refractivity contribution >= 4 is 20.0 Å². The molecule has 0 aliphatic heterocycles. The fourth-order valence-electron chi connectivity index (χ4n) is 4.65. The molecule has 1 aliphatic rings. The lowest BCUT2D eigenvalue weighted by Crippen LogP contribution is -2.33. The molecule has 0 saturated heterocycles. The molecule has 0 unspecified atom stereocenters. The summed E-state index contributed by atoms with van der Waals surface area (Å²) in [7, 11) is -7.14. The van der Waals surface area contributed by atoms with E-state index in [2.05, 4.69) is 13.8 Å². The van der Waals surface area contributed by atoms with Gasteiger partial charge in [-0.15, -0.1) is 0 Å². The minimum atomic E-state index is -3.58. The van der Waals surface area contributed by atoms with Crippen LogP contribution in [0.1, 0.15) is 77.3 Å². The van der Waals surface area contributed by atoms with Gasteiger partial charge >= 0.3 is 0 Å². The molecule has 0 bridgehead atoms. The highest BCUT2D eigenvalue weighted by molar-refractivity contribution is 7.89. The normalized spacial score (nSPS) is 13.4. The van der Waals surface area contributed by atoms with Crippen LogP contribution >= 0.6 is 0 Å². The highest BCUT2D eigenvalue weighted by atomic mass is 32.2. The molecule has 0 aromatic heterocycles. The smallest absolute Gasteiger partial charge is 0.207 e. The van der Waals surface area contributed by atoms with Crippen LogP contribution in [0.3, 0.4) is 0 Å². The van der Waals surface area contributed by atoms with Gasteiger partial charge in [0, 0.05) is 26.2 Å². The van der Waals surface area contributed by atoms with Gasteiger partial charge in [-0.2, -0.15) is 8.61 Å². The molecular formula is C27H40N2O4S2. The molecule has 0 amide bonds. The van der Waals surface area contributed by atoms with Crippen molar-refractivity contribution in [1.29, 1.82) is 0 Å². The van der Waals surface area contributed by atoms with Crippen LogP contribution < -0.4 is 0 Å². The first-order chi connectivity index (χ1) is 16.7. The first-order valence-electron chi connectivity index (χ1n) is 13.0. The van der Waals surface area contributed by atoms with E-state index in [9.17, 15) is 16.8 Å². The van der Waals surface area contributed by atoms with Crippen molar-refractivity contribution in [2.45, 2.75) is 82.4 Å². The second-order valence-corrected chi connectivity index (χ2v) is 13.2. The Morgan fingerprint density at radius 1 is 0.600 bits per heavy atom. The highest BCUT2D eigenvalue weighted by Crippen LogP contribution is 2.39. The molecule has 194 valence electrons. The second kappa shape index (κ2) is 12.0. The Balaban J connectivity index is 1.91. The van der Waals surface area contributed by atoms with E-state index in [0.29, 0.717) is 42.4 Å². The average molecular weight is 521 g/mol. The van der Waals surface area contributed by atoms with Crippen LogP contribution in [0, 0.1) is 0 Å². The predicted octanol–water partition coefficient (Wildman–Crippen LogP) is 5.66. The lowest BCUT2D eigenvalue weighted by Gasteiger charge is -2.22. The summed E-state index contributed by atoms with van der Waals surface area (Å²) >= 11 is 0. The molecule has 0 atom stereocenters. The van der Waals surface area contributed by atoms with Crippen molar-refractivity contribution in [3.63, 3.8) is 0 Å². The zero-order valence-corrected chi connectivity index (χ0v) is 23.2. The van der Waals surface area contributed by atoms with E-state index in [1.807, 2.05) is 26.0 Å². The van der Waals surface area contributed by atoms with Gasteiger partial charge in [0.1, 0.15) is 0 Å². The van der Waals surface area contributed by atoms with Gasteiger partial charge in [0.15, 0.2) is 0 Å². The van der Waals surface area contributed by atoms with Crippen molar-refractivity contribution in [2.75, 3.05) is 26.2 Å². The molecule has 3 rings (SSSR count). The Labute approximate surface area is 212 Å². The van der Waals surface area contributed by atoms with Crippen LogP contribution in [0.2, 0.25) is 0 Å². The summed E-state index contributed by atoms with van der Waals surface area (Å²) < 4.78 is 56.6. The zero-order valence-electron chi connectivity index (χ0n) is 21.6. The summed E-state index contributed by atoms with van der Waals surface area (Å²) in [5.74, 6) is 0. The number of hydrogen-bond acceptors (Lipinski definition) is 4. The standard InChI is InChI=1S/C27H40N2O4S2/c1-5-9-17-29(18-10-6-2)35(32,33)25-12-14-27-23(21-25)19-22-20-24(11-13-26(22)27)34(30,31)28(15-7-3)16-8-4/h11-14,20-21H,5-10,15-19H2,1-4H3. The molecule has 0 fully saturated rings. The molecule has 0 saturated carbocycles. The Kier molecular flexibility index (Phi) is 9.54. The maximum Gasteiger partial charge on any atom is 0.243 e. The first kappa shape index (κ1) is 27.8. The van der Waals surface area contributed by atoms with Crippen molar-refractivity contribution in [2.24, 2.45) is 0 Å². The van der Waals surface area contributed by atoms with Crippen molar-refractivity contribution in [3.05, 3.63) is 47.5 Å². The Morgan fingerprint density at radius 3 is 1.37 bits per heavy atom. The van der Waals surface area contributed by atoms with Gasteiger partial charge in [0.05, 0.1) is 9.79 Å². The first-order valence-corrected chi connectivity index (χ1v) is 15.8. The Bertz CT molecular complexity index is 1210. The number of benzene rings is 2. The molecular weight excluding hydrogens is 480 g/mol. The zero-order chi connectivity index (χ0) is 25.6. The maximum atomic E-state index is 13.4. The highest BCUT2D eigenvalue weighted by Gasteiger charge is 2.29. The number of unbranched alkanes of at least 4 members (excludes halogenated alkanes) is 2. The lowest BCUT2D eigenvalue weighted by atomic mass is 10.1. The van der Waals surface area contributed by atoms with Crippen LogP contribution in [0.5, 0.6) is 0 Å². The van der Waals surface area contributed by atoms with Crippen LogP contribution in [0.25, 0.3) is 11.1 Å². The minimum absolute atomic E-state index is 0.309. The summed E-state index contributed by atoms with van der Waals surface area (Å²) in [6.07, 6.45) is 5.62. The van der Waals surface area contributed by atoms with E-state index in [1.54, 1.807) is 32.9 Å². The lowest BCUT2D eigenvalue weighted by molar-refractivity contribution is 0.395. The Morgan fingerprint density at radius 2 is 1.00 bits per heavy atom. The summed E-state index contributed by atoms with van der Waals surface area (Å²) in [4.78, 5) is 0.630. The SMILES string of the molecule is CCCCN(CCCC)S(=O)(=O)c1ccc2c(c1)Cc1cc(S(=O)(=O)N(CCC)CCC)ccc1-2. The average Bonchev–Trinajstić information content (AvgIpc) is 3.21. The molecule has 2 aromatic carbocycles. The van der Waals surface area contributed by atoms with Crippen molar-refractivity contribution in [3.8, 4) is 11.1 Å². The van der Waals surface area contributed by atoms with E-state index in [1.165, 1.54) is 0 Å². The maximum absolute atomic E-state index is 13.4. The van der Waals surface area contributed by atoms with Crippen molar-refractivity contribution in [1.82, 2.24) is 8.61 Å². The van der Waals surface area contributed by atoms with Gasteiger partial charge in [0.2, 0.25) is 20.0 Å². The largest absolute Gasteiger partial charge is 0.243 e. The molecule has 0 heterocycles. The Hall–Kier alpha value is -1.74. The van der Waals surface area contributed by atoms with E-state index in [-0.39, 0.29) is 0 Å². The van der Waals surface area contributed by atoms with Crippen LogP contribution in [0.15, 0.2) is 46.2 Å². The number of fused-ring (bicyclic) bond motifs is 3. The van der Waals surface area contributed by atoms with Gasteiger partial charge in [0.25, 0.3) is 0 Å². The summed E-state index contributed by atoms with van der Waals surface area (Å²) in [5, 5.41) is 0. The van der Waals surface area contributed by atoms with Crippen molar-refractivity contribution < 1.29 is 16.8 Å². The fourth-order valence-corrected chi connectivity index (χ4v) is 7.90. The topological polar surface area (TPSA) is 74.8 Å². The van der Waals surface area contributed by atoms with Gasteiger partial charge in [-0.05, 0) is 78.6 Å². The third-order valence-corrected chi connectivity index (χ3v) is 10.4. The number of nitrogens with zero attached hydrogens (tertiary/aromatic N) is 2. The number of sulfonamides is 2. The third kappa shape index (κ3) is 5.98. The molecule has 0 N–H and O–H groups in total. The van der Waals surface area contributed by atoms with Crippen LogP contribution in [0.4, 0.5) is 0 Å². The molecule has 0 spiro atoms. The van der Waals surface area contributed by atoms with Gasteiger partial charge < -0.3 is 0 Å². The summed E-state index contributed by atoms with van der Waals surface area (Å²) in [6, 6.07) is 10.7. The molecule has 0 radical (unpaired) electrons.